The molecule has 0 aromatic carbocycles. The lowest BCUT2D eigenvalue weighted by Crippen LogP contribution is -2.33. The van der Waals surface area contributed by atoms with Crippen molar-refractivity contribution >= 4 is 17.0 Å². The molecule has 1 saturated heterocycles. The van der Waals surface area contributed by atoms with E-state index >= 15 is 0 Å². The highest BCUT2D eigenvalue weighted by Crippen LogP contribution is 2.35. The quantitative estimate of drug-likeness (QED) is 0.867. The number of aromatic nitrogens is 4. The van der Waals surface area contributed by atoms with Crippen LogP contribution < -0.4 is 5.73 Å². The van der Waals surface area contributed by atoms with E-state index in [1.54, 1.807) is 0 Å². The maximum atomic E-state index is 14.6. The lowest BCUT2D eigenvalue weighted by molar-refractivity contribution is -0.0602. The number of nitrogen functional groups attached to an aromatic ring is 1. The van der Waals surface area contributed by atoms with Crippen molar-refractivity contribution in [2.45, 2.75) is 24.6 Å². The SMILES string of the molecule is COC[C@H]1O[C@@H](n2cnc3c(N)ncnc32)C(F)C1OC. The van der Waals surface area contributed by atoms with Crippen molar-refractivity contribution in [3.05, 3.63) is 12.7 Å². The van der Waals surface area contributed by atoms with Crippen LogP contribution in [0, 0.1) is 0 Å². The molecule has 1 aliphatic rings. The van der Waals surface area contributed by atoms with Crippen molar-refractivity contribution in [3.8, 4) is 0 Å². The van der Waals surface area contributed by atoms with Crippen LogP contribution in [-0.4, -0.2) is 58.7 Å². The summed E-state index contributed by atoms with van der Waals surface area (Å²) in [7, 11) is 2.97. The van der Waals surface area contributed by atoms with Crippen LogP contribution in [0.2, 0.25) is 0 Å². The molecule has 114 valence electrons. The lowest BCUT2D eigenvalue weighted by Gasteiger charge is -2.16. The van der Waals surface area contributed by atoms with Gasteiger partial charge in [-0.05, 0) is 0 Å². The van der Waals surface area contributed by atoms with Crippen LogP contribution in [-0.2, 0) is 14.2 Å². The number of nitrogens with two attached hydrogens (primary N) is 1. The number of hydrogen-bond acceptors (Lipinski definition) is 7. The van der Waals surface area contributed by atoms with Gasteiger partial charge in [-0.3, -0.25) is 4.57 Å². The average molecular weight is 297 g/mol. The van der Waals surface area contributed by atoms with Crippen LogP contribution in [0.4, 0.5) is 10.2 Å². The third-order valence-electron chi connectivity index (χ3n) is 3.53. The van der Waals surface area contributed by atoms with E-state index < -0.39 is 24.6 Å². The summed E-state index contributed by atoms with van der Waals surface area (Å²) in [4.78, 5) is 12.1. The van der Waals surface area contributed by atoms with Gasteiger partial charge in [0, 0.05) is 14.2 Å². The second-order valence-corrected chi connectivity index (χ2v) is 4.75. The molecule has 3 rings (SSSR count). The zero-order valence-electron chi connectivity index (χ0n) is 11.6. The summed E-state index contributed by atoms with van der Waals surface area (Å²) < 4.78 is 32.0. The second kappa shape index (κ2) is 5.51. The normalized spacial score (nSPS) is 29.3. The molecule has 2 aromatic rings. The highest BCUT2D eigenvalue weighted by molar-refractivity contribution is 5.81. The lowest BCUT2D eigenvalue weighted by atomic mass is 10.1. The Morgan fingerprint density at radius 3 is 2.90 bits per heavy atom. The minimum atomic E-state index is -1.37. The topological polar surface area (TPSA) is 97.3 Å². The van der Waals surface area contributed by atoms with Gasteiger partial charge in [0.15, 0.2) is 23.9 Å². The Morgan fingerprint density at radius 2 is 2.19 bits per heavy atom. The fourth-order valence-corrected chi connectivity index (χ4v) is 2.55. The highest BCUT2D eigenvalue weighted by atomic mass is 19.1. The van der Waals surface area contributed by atoms with Crippen molar-refractivity contribution in [1.29, 1.82) is 0 Å². The minimum Gasteiger partial charge on any atom is -0.382 e. The standard InChI is InChI=1S/C12H16FN5O3/c1-19-3-6-9(20-2)7(13)12(21-6)18-5-17-8-10(14)15-4-16-11(8)18/h4-7,9,12H,3H2,1-2H3,(H2,14,15,16)/t6-,7?,9?,12-/m1/s1. The number of methoxy groups -OCH3 is 2. The van der Waals surface area contributed by atoms with Crippen LogP contribution in [0.3, 0.4) is 0 Å². The summed E-state index contributed by atoms with van der Waals surface area (Å²) >= 11 is 0. The summed E-state index contributed by atoms with van der Waals surface area (Å²) in [6, 6.07) is 0. The summed E-state index contributed by atoms with van der Waals surface area (Å²) in [6.45, 7) is 0.235. The average Bonchev–Trinajstić information content (AvgIpc) is 3.02. The number of nitrogens with zero attached hydrogens (tertiary/aromatic N) is 4. The third kappa shape index (κ3) is 2.23. The Labute approximate surface area is 120 Å². The van der Waals surface area contributed by atoms with Gasteiger partial charge in [-0.1, -0.05) is 0 Å². The molecule has 9 heteroatoms. The smallest absolute Gasteiger partial charge is 0.174 e. The first-order valence-corrected chi connectivity index (χ1v) is 6.41. The molecule has 1 aliphatic heterocycles. The highest BCUT2D eigenvalue weighted by Gasteiger charge is 2.47. The van der Waals surface area contributed by atoms with Crippen LogP contribution in [0.1, 0.15) is 6.23 Å². The van der Waals surface area contributed by atoms with Gasteiger partial charge in [-0.2, -0.15) is 0 Å². The van der Waals surface area contributed by atoms with Gasteiger partial charge in [0.25, 0.3) is 0 Å². The van der Waals surface area contributed by atoms with Gasteiger partial charge in [-0.15, -0.1) is 0 Å². The number of anilines is 1. The number of hydrogen-bond donors (Lipinski definition) is 1. The van der Waals surface area contributed by atoms with E-state index in [0.29, 0.717) is 11.2 Å². The van der Waals surface area contributed by atoms with Gasteiger partial charge >= 0.3 is 0 Å². The van der Waals surface area contributed by atoms with E-state index in [1.165, 1.54) is 31.4 Å². The molecule has 0 saturated carbocycles. The van der Waals surface area contributed by atoms with Crippen LogP contribution in [0.5, 0.6) is 0 Å². The monoisotopic (exact) mass is 297 g/mol. The van der Waals surface area contributed by atoms with Crippen molar-refractivity contribution in [2.75, 3.05) is 26.6 Å². The largest absolute Gasteiger partial charge is 0.382 e. The molecule has 2 N–H and O–H groups in total. The fraction of sp³-hybridized carbons (Fsp3) is 0.583. The van der Waals surface area contributed by atoms with E-state index in [-0.39, 0.29) is 12.4 Å². The number of ether oxygens (including phenoxy) is 3. The Kier molecular flexibility index (Phi) is 3.70. The van der Waals surface area contributed by atoms with Crippen molar-refractivity contribution in [1.82, 2.24) is 19.5 Å². The van der Waals surface area contributed by atoms with E-state index in [2.05, 4.69) is 15.0 Å². The van der Waals surface area contributed by atoms with Crippen LogP contribution in [0.15, 0.2) is 12.7 Å². The predicted molar refractivity (Wildman–Crippen MR) is 71.2 cm³/mol. The van der Waals surface area contributed by atoms with Crippen molar-refractivity contribution < 1.29 is 18.6 Å². The van der Waals surface area contributed by atoms with Gasteiger partial charge in [0.1, 0.15) is 24.1 Å². The first-order chi connectivity index (χ1) is 10.2. The van der Waals surface area contributed by atoms with Gasteiger partial charge in [-0.25, -0.2) is 19.3 Å². The molecule has 0 spiro atoms. The molecular weight excluding hydrogens is 281 g/mol. The third-order valence-corrected chi connectivity index (χ3v) is 3.53. The Hall–Kier alpha value is -1.84. The number of alkyl halides is 1. The molecule has 0 aliphatic carbocycles. The predicted octanol–water partition coefficient (Wildman–Crippen LogP) is 0.305. The van der Waals surface area contributed by atoms with Crippen LogP contribution >= 0.6 is 0 Å². The first kappa shape index (κ1) is 14.1. The molecular formula is C12H16FN5O3. The van der Waals surface area contributed by atoms with E-state index in [9.17, 15) is 4.39 Å². The van der Waals surface area contributed by atoms with Gasteiger partial charge in [0.05, 0.1) is 12.9 Å². The van der Waals surface area contributed by atoms with E-state index in [1.807, 2.05) is 0 Å². The zero-order valence-corrected chi connectivity index (χ0v) is 11.6. The van der Waals surface area contributed by atoms with Crippen molar-refractivity contribution in [2.24, 2.45) is 0 Å². The molecule has 2 unspecified atom stereocenters. The molecule has 0 amide bonds. The minimum absolute atomic E-state index is 0.235. The Balaban J connectivity index is 1.97. The summed E-state index contributed by atoms with van der Waals surface area (Å²) in [5.74, 6) is 0.240. The number of halogens is 1. The van der Waals surface area contributed by atoms with Gasteiger partial charge in [0.2, 0.25) is 0 Å². The number of imidazole rings is 1. The summed E-state index contributed by atoms with van der Waals surface area (Å²) in [5, 5.41) is 0. The summed E-state index contributed by atoms with van der Waals surface area (Å²) in [6.07, 6.45) is -0.741. The number of rotatable bonds is 4. The maximum Gasteiger partial charge on any atom is 0.174 e. The Morgan fingerprint density at radius 1 is 1.38 bits per heavy atom. The second-order valence-electron chi connectivity index (χ2n) is 4.75. The zero-order chi connectivity index (χ0) is 15.0. The molecule has 1 fully saturated rings. The maximum absolute atomic E-state index is 14.6. The number of fused-ring (bicyclic) bond motifs is 1. The molecule has 21 heavy (non-hydrogen) atoms. The molecule has 0 radical (unpaired) electrons. The summed E-state index contributed by atoms with van der Waals surface area (Å²) in [5.41, 5.74) is 6.56. The molecule has 4 atom stereocenters. The van der Waals surface area contributed by atoms with Gasteiger partial charge < -0.3 is 19.9 Å². The van der Waals surface area contributed by atoms with E-state index in [0.717, 1.165) is 0 Å². The molecule has 0 bridgehead atoms. The van der Waals surface area contributed by atoms with E-state index in [4.69, 9.17) is 19.9 Å². The first-order valence-electron chi connectivity index (χ1n) is 6.41. The Bertz CT molecular complexity index is 636. The molecule has 8 nitrogen and oxygen atoms in total. The van der Waals surface area contributed by atoms with Crippen LogP contribution in [0.25, 0.3) is 11.2 Å². The van der Waals surface area contributed by atoms with Crippen molar-refractivity contribution in [3.63, 3.8) is 0 Å². The fourth-order valence-electron chi connectivity index (χ4n) is 2.55. The molecule has 2 aromatic heterocycles. The molecule has 3 heterocycles.